The standard InChI is InChI=1S/C36H38F3N5O4/c1-22(2)47-26-11-8-23(9-12-26)25-10-13-27(28(18-25)24-6-4-3-5-7-24)32(36(37,38)39)48-31-19-30(42-34(40)43-31)44-16-14-35(15-17-44)20-29(33(45)46)41-21-35/h3-13,18-19,22,29,32,41H,14-17,20-21H2,1-2H3,(H,45,46)(H2,40,42,43)/t29-,32?/m0/s1. The number of carboxylic acids is 1. The van der Waals surface area contributed by atoms with Gasteiger partial charge in [0.25, 0.3) is 0 Å². The van der Waals surface area contributed by atoms with Gasteiger partial charge in [0.2, 0.25) is 17.9 Å². The smallest absolute Gasteiger partial charge is 0.429 e. The molecule has 1 unspecified atom stereocenters. The molecule has 12 heteroatoms. The van der Waals surface area contributed by atoms with Gasteiger partial charge in [-0.05, 0) is 79.0 Å². The second kappa shape index (κ2) is 13.3. The molecule has 2 saturated heterocycles. The van der Waals surface area contributed by atoms with Crippen LogP contribution < -0.4 is 25.4 Å². The third-order valence-corrected chi connectivity index (χ3v) is 9.03. The summed E-state index contributed by atoms with van der Waals surface area (Å²) in [7, 11) is 0. The number of halogens is 3. The number of nitrogens with zero attached hydrogens (tertiary/aromatic N) is 3. The van der Waals surface area contributed by atoms with Crippen LogP contribution in [0.5, 0.6) is 11.6 Å². The first kappa shape index (κ1) is 33.1. The maximum atomic E-state index is 14.9. The molecule has 9 nitrogen and oxygen atoms in total. The van der Waals surface area contributed by atoms with E-state index in [-0.39, 0.29) is 28.9 Å². The van der Waals surface area contributed by atoms with E-state index in [1.807, 2.05) is 43.0 Å². The predicted molar refractivity (Wildman–Crippen MR) is 177 cm³/mol. The quantitative estimate of drug-likeness (QED) is 0.176. The van der Waals surface area contributed by atoms with Crippen molar-refractivity contribution in [3.63, 3.8) is 0 Å². The van der Waals surface area contributed by atoms with Crippen molar-refractivity contribution >= 4 is 17.7 Å². The number of alkyl halides is 3. The van der Waals surface area contributed by atoms with Crippen molar-refractivity contribution in [1.82, 2.24) is 15.3 Å². The minimum Gasteiger partial charge on any atom is -0.491 e. The van der Waals surface area contributed by atoms with E-state index in [4.69, 9.17) is 15.2 Å². The number of nitrogens with one attached hydrogen (secondary N) is 1. The highest BCUT2D eigenvalue weighted by Crippen LogP contribution is 2.44. The number of hydrogen-bond donors (Lipinski definition) is 3. The Kier molecular flexibility index (Phi) is 9.20. The van der Waals surface area contributed by atoms with Crippen molar-refractivity contribution in [3.05, 3.63) is 84.4 Å². The zero-order valence-corrected chi connectivity index (χ0v) is 26.7. The highest BCUT2D eigenvalue weighted by atomic mass is 19.4. The number of carboxylic acid groups (broad SMARTS) is 1. The predicted octanol–water partition coefficient (Wildman–Crippen LogP) is 6.90. The Balaban J connectivity index is 1.29. The minimum absolute atomic E-state index is 0.00966. The SMILES string of the molecule is CC(C)Oc1ccc(-c2ccc(C(Oc3cc(N4CCC5(CC4)CN[C@H](C(=O)O)C5)nc(N)n3)C(F)(F)F)c(-c3ccccc3)c2)cc1. The van der Waals surface area contributed by atoms with Crippen LogP contribution in [0.4, 0.5) is 24.9 Å². The number of ether oxygens (including phenoxy) is 2. The van der Waals surface area contributed by atoms with Crippen LogP contribution in [-0.4, -0.2) is 59.0 Å². The summed E-state index contributed by atoms with van der Waals surface area (Å²) in [5.41, 5.74) is 8.31. The normalized spacial score (nSPS) is 18.2. The van der Waals surface area contributed by atoms with Crippen molar-refractivity contribution in [2.24, 2.45) is 5.41 Å². The molecule has 6 rings (SSSR count). The summed E-state index contributed by atoms with van der Waals surface area (Å²) in [5, 5.41) is 12.5. The van der Waals surface area contributed by atoms with Crippen LogP contribution in [0.3, 0.4) is 0 Å². The highest BCUT2D eigenvalue weighted by molar-refractivity contribution is 5.76. The summed E-state index contributed by atoms with van der Waals surface area (Å²) in [6, 6.07) is 21.9. The first-order valence-electron chi connectivity index (χ1n) is 15.9. The number of carbonyl (C=O) groups is 1. The molecule has 2 fully saturated rings. The second-order valence-corrected chi connectivity index (χ2v) is 12.8. The van der Waals surface area contributed by atoms with Gasteiger partial charge < -0.3 is 30.5 Å². The molecule has 2 atom stereocenters. The van der Waals surface area contributed by atoms with Crippen molar-refractivity contribution in [2.75, 3.05) is 30.3 Å². The Labute approximate surface area is 276 Å². The highest BCUT2D eigenvalue weighted by Gasteiger charge is 2.46. The fourth-order valence-corrected chi connectivity index (χ4v) is 6.59. The first-order valence-corrected chi connectivity index (χ1v) is 15.9. The summed E-state index contributed by atoms with van der Waals surface area (Å²) in [5.74, 6) is -0.306. The van der Waals surface area contributed by atoms with E-state index in [1.54, 1.807) is 42.5 Å². The largest absolute Gasteiger partial charge is 0.491 e. The Morgan fingerprint density at radius 2 is 1.65 bits per heavy atom. The minimum atomic E-state index is -4.80. The Morgan fingerprint density at radius 3 is 2.27 bits per heavy atom. The van der Waals surface area contributed by atoms with Crippen LogP contribution >= 0.6 is 0 Å². The molecule has 1 spiro atoms. The number of nitrogen functional groups attached to an aromatic ring is 1. The van der Waals surface area contributed by atoms with Crippen LogP contribution in [0.25, 0.3) is 22.3 Å². The lowest BCUT2D eigenvalue weighted by Gasteiger charge is -2.39. The van der Waals surface area contributed by atoms with Crippen molar-refractivity contribution in [1.29, 1.82) is 0 Å². The van der Waals surface area contributed by atoms with Gasteiger partial charge in [0.15, 0.2) is 0 Å². The fraction of sp³-hybridized carbons (Fsp3) is 0.361. The third kappa shape index (κ3) is 7.33. The second-order valence-electron chi connectivity index (χ2n) is 12.8. The zero-order valence-electron chi connectivity index (χ0n) is 26.7. The van der Waals surface area contributed by atoms with Gasteiger partial charge in [-0.25, -0.2) is 0 Å². The number of rotatable bonds is 9. The lowest BCUT2D eigenvalue weighted by Crippen LogP contribution is -2.41. The Morgan fingerprint density at radius 1 is 0.958 bits per heavy atom. The molecular weight excluding hydrogens is 623 g/mol. The van der Waals surface area contributed by atoms with E-state index in [9.17, 15) is 23.1 Å². The summed E-state index contributed by atoms with van der Waals surface area (Å²) in [4.78, 5) is 21.7. The number of aromatic nitrogens is 2. The summed E-state index contributed by atoms with van der Waals surface area (Å²) in [6.45, 7) is 5.55. The van der Waals surface area contributed by atoms with E-state index in [2.05, 4.69) is 15.3 Å². The average Bonchev–Trinajstić information content (AvgIpc) is 3.47. The van der Waals surface area contributed by atoms with Gasteiger partial charge in [-0.3, -0.25) is 4.79 Å². The van der Waals surface area contributed by atoms with E-state index in [0.717, 1.165) is 11.1 Å². The molecule has 4 N–H and O–H groups in total. The average molecular weight is 662 g/mol. The third-order valence-electron chi connectivity index (χ3n) is 9.03. The number of benzene rings is 3. The fourth-order valence-electron chi connectivity index (χ4n) is 6.59. The van der Waals surface area contributed by atoms with Crippen LogP contribution in [0.2, 0.25) is 0 Å². The monoisotopic (exact) mass is 661 g/mol. The number of hydrogen-bond acceptors (Lipinski definition) is 8. The number of piperidine rings is 1. The molecule has 1 aromatic heterocycles. The van der Waals surface area contributed by atoms with E-state index >= 15 is 0 Å². The van der Waals surface area contributed by atoms with Crippen LogP contribution in [0, 0.1) is 5.41 Å². The number of anilines is 2. The summed E-state index contributed by atoms with van der Waals surface area (Å²) >= 11 is 0. The van der Waals surface area contributed by atoms with Gasteiger partial charge in [0, 0.05) is 31.3 Å². The molecule has 4 aromatic rings. The van der Waals surface area contributed by atoms with Crippen molar-refractivity contribution < 1.29 is 32.5 Å². The molecule has 48 heavy (non-hydrogen) atoms. The Bertz CT molecular complexity index is 1740. The van der Waals surface area contributed by atoms with E-state index in [0.29, 0.717) is 61.6 Å². The number of nitrogens with two attached hydrogens (primary N) is 1. The van der Waals surface area contributed by atoms with Gasteiger partial charge in [-0.1, -0.05) is 54.6 Å². The van der Waals surface area contributed by atoms with Crippen LogP contribution in [-0.2, 0) is 4.79 Å². The topological polar surface area (TPSA) is 123 Å². The molecule has 3 aromatic carbocycles. The molecule has 252 valence electrons. The van der Waals surface area contributed by atoms with Gasteiger partial charge >= 0.3 is 12.1 Å². The van der Waals surface area contributed by atoms with Gasteiger partial charge in [-0.2, -0.15) is 23.1 Å². The van der Waals surface area contributed by atoms with Gasteiger partial charge in [0.05, 0.1) is 6.10 Å². The summed E-state index contributed by atoms with van der Waals surface area (Å²) in [6.07, 6.45) is -5.20. The van der Waals surface area contributed by atoms with Gasteiger partial charge in [0.1, 0.15) is 17.6 Å². The maximum Gasteiger partial charge on any atom is 0.429 e. The molecule has 3 heterocycles. The van der Waals surface area contributed by atoms with E-state index in [1.165, 1.54) is 12.1 Å². The first-order chi connectivity index (χ1) is 22.9. The Hall–Kier alpha value is -4.84. The lowest BCUT2D eigenvalue weighted by molar-refractivity contribution is -0.198. The summed E-state index contributed by atoms with van der Waals surface area (Å²) < 4.78 is 56.1. The van der Waals surface area contributed by atoms with Crippen LogP contribution in [0.15, 0.2) is 78.9 Å². The van der Waals surface area contributed by atoms with Crippen LogP contribution in [0.1, 0.15) is 44.8 Å². The molecule has 2 aliphatic rings. The lowest BCUT2D eigenvalue weighted by atomic mass is 9.76. The van der Waals surface area contributed by atoms with Crippen molar-refractivity contribution in [2.45, 2.75) is 57.5 Å². The molecule has 0 saturated carbocycles. The van der Waals surface area contributed by atoms with Crippen molar-refractivity contribution in [3.8, 4) is 33.9 Å². The van der Waals surface area contributed by atoms with Gasteiger partial charge in [-0.15, -0.1) is 0 Å². The zero-order chi connectivity index (χ0) is 34.1. The molecule has 0 radical (unpaired) electrons. The molecule has 0 aliphatic carbocycles. The molecule has 0 bridgehead atoms. The molecule has 2 aliphatic heterocycles. The molecular formula is C36H38F3N5O4. The number of aliphatic carboxylic acids is 1. The van der Waals surface area contributed by atoms with E-state index < -0.39 is 24.3 Å². The molecule has 0 amide bonds. The maximum absolute atomic E-state index is 14.9.